The lowest BCUT2D eigenvalue weighted by Crippen LogP contribution is -2.50. The number of rotatable bonds is 7. The number of nitrogens with one attached hydrogen (secondary N) is 1. The van der Waals surface area contributed by atoms with E-state index >= 15 is 0 Å². The largest absolute Gasteiger partial charge is 0.444 e. The lowest BCUT2D eigenvalue weighted by Gasteiger charge is -2.34. The van der Waals surface area contributed by atoms with Gasteiger partial charge in [-0.15, -0.1) is 0 Å². The highest BCUT2D eigenvalue weighted by Crippen LogP contribution is 2.21. The molecule has 0 unspecified atom stereocenters. The Bertz CT molecular complexity index is 1070. The van der Waals surface area contributed by atoms with Gasteiger partial charge < -0.3 is 19.5 Å². The highest BCUT2D eigenvalue weighted by Gasteiger charge is 2.29. The molecule has 190 valence electrons. The van der Waals surface area contributed by atoms with Gasteiger partial charge in [0.2, 0.25) is 0 Å². The molecule has 1 aliphatic rings. The summed E-state index contributed by atoms with van der Waals surface area (Å²) in [5.74, 6) is -0.446. The van der Waals surface area contributed by atoms with Crippen LogP contribution in [-0.2, 0) is 16.0 Å². The molecule has 1 N–H and O–H groups in total. The molecule has 3 rings (SSSR count). The molecule has 8 heteroatoms. The third-order valence-electron chi connectivity index (χ3n) is 5.69. The second-order valence-corrected chi connectivity index (χ2v) is 10.6. The molecule has 1 aromatic heterocycles. The van der Waals surface area contributed by atoms with Crippen molar-refractivity contribution in [2.24, 2.45) is 5.92 Å². The number of hydrogen-bond acceptors (Lipinski definition) is 4. The maximum atomic E-state index is 13.8. The molecule has 0 saturated carbocycles. The van der Waals surface area contributed by atoms with E-state index in [2.05, 4.69) is 5.32 Å². The third kappa shape index (κ3) is 7.67. The third-order valence-corrected chi connectivity index (χ3v) is 5.69. The van der Waals surface area contributed by atoms with Crippen LogP contribution in [0.2, 0.25) is 0 Å². The highest BCUT2D eigenvalue weighted by molar-refractivity contribution is 5.97. The molecule has 1 atom stereocenters. The zero-order chi connectivity index (χ0) is 25.8. The Labute approximate surface area is 206 Å². The van der Waals surface area contributed by atoms with E-state index in [1.807, 2.05) is 34.6 Å². The number of Topliss-reactive ketones (excluding diaryl/α,β-unsaturated/α-hetero) is 1. The van der Waals surface area contributed by atoms with Crippen LogP contribution in [0.3, 0.4) is 0 Å². The van der Waals surface area contributed by atoms with E-state index in [1.165, 1.54) is 12.1 Å². The van der Waals surface area contributed by atoms with Crippen LogP contribution in [0.25, 0.3) is 5.69 Å². The Morgan fingerprint density at radius 2 is 1.94 bits per heavy atom. The van der Waals surface area contributed by atoms with Crippen LogP contribution in [0.1, 0.15) is 69.8 Å². The summed E-state index contributed by atoms with van der Waals surface area (Å²) < 4.78 is 20.9. The van der Waals surface area contributed by atoms with Crippen LogP contribution in [-0.4, -0.2) is 52.0 Å². The first kappa shape index (κ1) is 26.4. The normalized spacial score (nSPS) is 16.3. The topological polar surface area (TPSA) is 80.6 Å². The summed E-state index contributed by atoms with van der Waals surface area (Å²) in [6.45, 7) is 10.3. The smallest absolute Gasteiger partial charge is 0.410 e. The van der Waals surface area contributed by atoms with E-state index in [0.717, 1.165) is 12.8 Å². The van der Waals surface area contributed by atoms with Crippen LogP contribution in [0.4, 0.5) is 9.18 Å². The summed E-state index contributed by atoms with van der Waals surface area (Å²) in [4.78, 5) is 40.0. The lowest BCUT2D eigenvalue weighted by molar-refractivity contribution is -0.119. The fourth-order valence-corrected chi connectivity index (χ4v) is 4.22. The molecule has 1 aliphatic heterocycles. The number of aromatic nitrogens is 1. The van der Waals surface area contributed by atoms with E-state index < -0.39 is 11.7 Å². The quantitative estimate of drug-likeness (QED) is 0.605. The van der Waals surface area contributed by atoms with E-state index in [4.69, 9.17) is 4.74 Å². The van der Waals surface area contributed by atoms with Gasteiger partial charge in [0.25, 0.3) is 5.91 Å². The molecule has 0 spiro atoms. The van der Waals surface area contributed by atoms with Gasteiger partial charge in [0.15, 0.2) is 0 Å². The summed E-state index contributed by atoms with van der Waals surface area (Å²) in [5.41, 5.74) is 0.943. The lowest BCUT2D eigenvalue weighted by atomic mass is 10.00. The fourth-order valence-electron chi connectivity index (χ4n) is 4.22. The minimum absolute atomic E-state index is 0.0415. The Hall–Kier alpha value is -3.16. The van der Waals surface area contributed by atoms with Gasteiger partial charge in [-0.25, -0.2) is 9.18 Å². The van der Waals surface area contributed by atoms with Gasteiger partial charge in [-0.05, 0) is 63.3 Å². The van der Waals surface area contributed by atoms with Gasteiger partial charge in [0.1, 0.15) is 17.2 Å². The molecule has 0 radical (unpaired) electrons. The van der Waals surface area contributed by atoms with Crippen LogP contribution < -0.4 is 5.32 Å². The minimum atomic E-state index is -0.593. The Balaban J connectivity index is 1.79. The average Bonchev–Trinajstić information content (AvgIpc) is 3.16. The zero-order valence-corrected chi connectivity index (χ0v) is 21.3. The van der Waals surface area contributed by atoms with E-state index in [1.54, 1.807) is 34.0 Å². The van der Waals surface area contributed by atoms with Crippen LogP contribution in [0.15, 0.2) is 36.7 Å². The van der Waals surface area contributed by atoms with Gasteiger partial charge in [-0.1, -0.05) is 19.9 Å². The number of amides is 2. The van der Waals surface area contributed by atoms with Crippen LogP contribution in [0, 0.1) is 11.7 Å². The average molecular weight is 486 g/mol. The predicted molar refractivity (Wildman–Crippen MR) is 132 cm³/mol. The molecule has 1 fully saturated rings. The number of ketones is 1. The molecule has 0 bridgehead atoms. The first-order valence-corrected chi connectivity index (χ1v) is 12.2. The standard InChI is InChI=1S/C27H36FN3O4/c1-18(2)12-23(32)13-19-15-31(22-10-6-8-20(28)14-22)17-24(19)25(33)29-21-9-7-11-30(16-21)26(34)35-27(3,4)5/h6,8,10,14-15,17-18,21H,7,9,11-13,16H2,1-5H3,(H,29,33)/t21-/m0/s1. The van der Waals surface area contributed by atoms with Crippen molar-refractivity contribution in [2.75, 3.05) is 13.1 Å². The number of hydrogen-bond donors (Lipinski definition) is 1. The van der Waals surface area contributed by atoms with Crippen LogP contribution in [0.5, 0.6) is 0 Å². The maximum absolute atomic E-state index is 13.8. The zero-order valence-electron chi connectivity index (χ0n) is 21.3. The number of benzene rings is 1. The number of nitrogens with zero attached hydrogens (tertiary/aromatic N) is 2. The van der Waals surface area contributed by atoms with E-state index in [0.29, 0.717) is 36.3 Å². The number of carbonyl (C=O) groups excluding carboxylic acids is 3. The number of piperidine rings is 1. The molecule has 2 aromatic rings. The second-order valence-electron chi connectivity index (χ2n) is 10.6. The van der Waals surface area contributed by atoms with Gasteiger partial charge in [0, 0.05) is 50.1 Å². The van der Waals surface area contributed by atoms with Crippen LogP contribution >= 0.6 is 0 Å². The summed E-state index contributed by atoms with van der Waals surface area (Å²) in [6, 6.07) is 5.83. The van der Waals surface area contributed by atoms with Crippen molar-refractivity contribution in [3.8, 4) is 5.69 Å². The molecule has 1 aromatic carbocycles. The van der Waals surface area contributed by atoms with Crippen molar-refractivity contribution in [1.82, 2.24) is 14.8 Å². The summed E-state index contributed by atoms with van der Waals surface area (Å²) in [7, 11) is 0. The van der Waals surface area contributed by atoms with E-state index in [9.17, 15) is 18.8 Å². The summed E-state index contributed by atoms with van der Waals surface area (Å²) in [5, 5.41) is 3.03. The van der Waals surface area contributed by atoms with Crippen molar-refractivity contribution >= 4 is 17.8 Å². The Morgan fingerprint density at radius 3 is 2.60 bits per heavy atom. The Kier molecular flexibility index (Phi) is 8.35. The highest BCUT2D eigenvalue weighted by atomic mass is 19.1. The first-order chi connectivity index (χ1) is 16.4. The van der Waals surface area contributed by atoms with Gasteiger partial charge in [-0.2, -0.15) is 0 Å². The molecule has 35 heavy (non-hydrogen) atoms. The van der Waals surface area contributed by atoms with Gasteiger partial charge >= 0.3 is 6.09 Å². The number of halogens is 1. The molecular formula is C27H36FN3O4. The minimum Gasteiger partial charge on any atom is -0.444 e. The van der Waals surface area contributed by atoms with Crippen molar-refractivity contribution in [1.29, 1.82) is 0 Å². The van der Waals surface area contributed by atoms with Gasteiger partial charge in [-0.3, -0.25) is 9.59 Å². The SMILES string of the molecule is CC(C)CC(=O)Cc1cn(-c2cccc(F)c2)cc1C(=O)N[C@H]1CCCN(C(=O)OC(C)(C)C)C1. The van der Waals surface area contributed by atoms with Crippen molar-refractivity contribution in [3.05, 3.63) is 53.6 Å². The molecule has 2 heterocycles. The molecule has 1 saturated heterocycles. The van der Waals surface area contributed by atoms with Crippen molar-refractivity contribution < 1.29 is 23.5 Å². The molecule has 0 aliphatic carbocycles. The molecule has 7 nitrogen and oxygen atoms in total. The predicted octanol–water partition coefficient (Wildman–Crippen LogP) is 4.90. The first-order valence-electron chi connectivity index (χ1n) is 12.2. The second kappa shape index (κ2) is 11.1. The fraction of sp³-hybridized carbons (Fsp3) is 0.519. The Morgan fingerprint density at radius 1 is 1.20 bits per heavy atom. The number of ether oxygens (including phenoxy) is 1. The molecular weight excluding hydrogens is 449 g/mol. The van der Waals surface area contributed by atoms with E-state index in [-0.39, 0.29) is 35.9 Å². The molecule has 2 amide bonds. The van der Waals surface area contributed by atoms with Gasteiger partial charge in [0.05, 0.1) is 5.56 Å². The van der Waals surface area contributed by atoms with Crippen molar-refractivity contribution in [3.63, 3.8) is 0 Å². The summed E-state index contributed by atoms with van der Waals surface area (Å²) >= 11 is 0. The van der Waals surface area contributed by atoms with Crippen molar-refractivity contribution in [2.45, 2.75) is 71.9 Å². The number of likely N-dealkylation sites (tertiary alicyclic amines) is 1. The monoisotopic (exact) mass is 485 g/mol. The maximum Gasteiger partial charge on any atom is 0.410 e. The number of carbonyl (C=O) groups is 3. The summed E-state index contributed by atoms with van der Waals surface area (Å²) in [6.07, 6.45) is 4.98.